The lowest BCUT2D eigenvalue weighted by atomic mass is 9.96. The van der Waals surface area contributed by atoms with Crippen LogP contribution in [-0.2, 0) is 0 Å². The number of non-ortho nitro benzene ring substituents is 1. The van der Waals surface area contributed by atoms with Crippen LogP contribution in [0, 0.1) is 10.1 Å². The number of rotatable bonds is 4. The first kappa shape index (κ1) is 19.8. The molecule has 1 aliphatic heterocycles. The van der Waals surface area contributed by atoms with E-state index in [1.54, 1.807) is 22.8 Å². The molecule has 0 aliphatic carbocycles. The molecule has 1 aliphatic rings. The lowest BCUT2D eigenvalue weighted by Gasteiger charge is -2.22. The Kier molecular flexibility index (Phi) is 5.04. The zero-order valence-electron chi connectivity index (χ0n) is 16.7. The van der Waals surface area contributed by atoms with Gasteiger partial charge in [-0.3, -0.25) is 19.5 Å². The van der Waals surface area contributed by atoms with Crippen molar-refractivity contribution in [2.75, 3.05) is 0 Å². The molecule has 0 saturated carbocycles. The Balaban J connectivity index is 1.70. The van der Waals surface area contributed by atoms with E-state index in [0.717, 1.165) is 11.1 Å². The van der Waals surface area contributed by atoms with Crippen molar-refractivity contribution in [2.24, 2.45) is 10.2 Å². The van der Waals surface area contributed by atoms with Crippen LogP contribution in [0.4, 0.5) is 5.69 Å². The number of aromatic nitrogens is 1. The molecule has 0 radical (unpaired) electrons. The number of hydrogen-bond donors (Lipinski definition) is 0. The fourth-order valence-electron chi connectivity index (χ4n) is 3.70. The van der Waals surface area contributed by atoms with Gasteiger partial charge in [-0.2, -0.15) is 0 Å². The van der Waals surface area contributed by atoms with Crippen molar-refractivity contribution in [3.63, 3.8) is 0 Å². The van der Waals surface area contributed by atoms with Crippen molar-refractivity contribution >= 4 is 28.8 Å². The number of nitro groups is 1. The molecule has 156 valence electrons. The van der Waals surface area contributed by atoms with Crippen molar-refractivity contribution in [1.29, 1.82) is 0 Å². The quantitative estimate of drug-likeness (QED) is 0.360. The van der Waals surface area contributed by atoms with Crippen molar-refractivity contribution in [1.82, 2.24) is 4.57 Å². The van der Waals surface area contributed by atoms with Gasteiger partial charge in [0.05, 0.1) is 15.2 Å². The van der Waals surface area contributed by atoms with Crippen LogP contribution in [-0.4, -0.2) is 15.2 Å². The number of benzene rings is 3. The monoisotopic (exact) mass is 440 g/mol. The molecule has 7 nitrogen and oxygen atoms in total. The van der Waals surface area contributed by atoms with Gasteiger partial charge in [-0.05, 0) is 17.2 Å². The second-order valence-electron chi connectivity index (χ2n) is 7.18. The van der Waals surface area contributed by atoms with Gasteiger partial charge < -0.3 is 0 Å². The Hall–Kier alpha value is -4.17. The Labute approximate surface area is 186 Å². The number of fused-ring (bicyclic) bond motifs is 1. The zero-order chi connectivity index (χ0) is 22.1. The molecule has 1 aromatic heterocycles. The molecule has 0 saturated heterocycles. The molecule has 0 amide bonds. The van der Waals surface area contributed by atoms with Crippen molar-refractivity contribution in [3.05, 3.63) is 131 Å². The first-order chi connectivity index (χ1) is 15.6. The van der Waals surface area contributed by atoms with Gasteiger partial charge in [0.1, 0.15) is 6.04 Å². The summed E-state index contributed by atoms with van der Waals surface area (Å²) in [5, 5.41) is 19.9. The van der Waals surface area contributed by atoms with Crippen LogP contribution in [0.25, 0.3) is 6.08 Å². The molecular formula is C24H16N4O3S. The second-order valence-corrected chi connectivity index (χ2v) is 8.19. The molecule has 3 aromatic carbocycles. The van der Waals surface area contributed by atoms with E-state index in [1.807, 2.05) is 60.7 Å². The van der Waals surface area contributed by atoms with Crippen LogP contribution >= 0.6 is 11.3 Å². The zero-order valence-corrected chi connectivity index (χ0v) is 17.5. The normalized spacial score (nSPS) is 15.6. The maximum Gasteiger partial charge on any atom is 0.271 e. The van der Waals surface area contributed by atoms with Crippen molar-refractivity contribution in [2.45, 2.75) is 6.04 Å². The second kappa shape index (κ2) is 8.16. The first-order valence-corrected chi connectivity index (χ1v) is 10.7. The first-order valence-electron chi connectivity index (χ1n) is 9.85. The predicted molar refractivity (Wildman–Crippen MR) is 124 cm³/mol. The van der Waals surface area contributed by atoms with Crippen molar-refractivity contribution in [3.8, 4) is 0 Å². The van der Waals surface area contributed by atoms with Gasteiger partial charge in [-0.1, -0.05) is 84.1 Å². The fraction of sp³-hybridized carbons (Fsp3) is 0.0417. The minimum atomic E-state index is -0.454. The van der Waals surface area contributed by atoms with E-state index in [9.17, 15) is 14.9 Å². The highest BCUT2D eigenvalue weighted by Gasteiger charge is 2.28. The van der Waals surface area contributed by atoms with Gasteiger partial charge in [-0.15, -0.1) is 10.2 Å². The van der Waals surface area contributed by atoms with E-state index in [4.69, 9.17) is 0 Å². The third-order valence-corrected chi connectivity index (χ3v) is 6.13. The van der Waals surface area contributed by atoms with Crippen LogP contribution in [0.15, 0.2) is 99.9 Å². The molecule has 1 atom stereocenters. The minimum Gasteiger partial charge on any atom is -0.268 e. The summed E-state index contributed by atoms with van der Waals surface area (Å²) < 4.78 is 2.09. The van der Waals surface area contributed by atoms with Gasteiger partial charge in [0.25, 0.3) is 11.2 Å². The number of hydrogen-bond acceptors (Lipinski definition) is 6. The Morgan fingerprint density at radius 2 is 1.66 bits per heavy atom. The van der Waals surface area contributed by atoms with E-state index in [-0.39, 0.29) is 11.2 Å². The highest BCUT2D eigenvalue weighted by Crippen LogP contribution is 2.24. The third-order valence-electron chi connectivity index (χ3n) is 5.16. The molecule has 0 fully saturated rings. The maximum atomic E-state index is 13.5. The molecule has 0 spiro atoms. The Bertz CT molecular complexity index is 1520. The summed E-state index contributed by atoms with van der Waals surface area (Å²) in [5.74, 6) is 0. The van der Waals surface area contributed by atoms with E-state index in [0.29, 0.717) is 20.6 Å². The molecule has 5 rings (SSSR count). The summed E-state index contributed by atoms with van der Waals surface area (Å²) in [6.45, 7) is 0. The molecule has 4 aromatic rings. The molecule has 0 bridgehead atoms. The highest BCUT2D eigenvalue weighted by atomic mass is 32.1. The van der Waals surface area contributed by atoms with Gasteiger partial charge in [0.15, 0.2) is 0 Å². The molecular weight excluding hydrogens is 424 g/mol. The average Bonchev–Trinajstić information content (AvgIpc) is 3.15. The van der Waals surface area contributed by atoms with Gasteiger partial charge >= 0.3 is 0 Å². The number of thiazole rings is 1. The molecule has 8 heteroatoms. The molecule has 32 heavy (non-hydrogen) atoms. The van der Waals surface area contributed by atoms with Gasteiger partial charge in [-0.25, -0.2) is 0 Å². The Morgan fingerprint density at radius 3 is 2.38 bits per heavy atom. The van der Waals surface area contributed by atoms with Crippen LogP contribution < -0.4 is 14.9 Å². The number of nitrogens with zero attached hydrogens (tertiary/aromatic N) is 4. The van der Waals surface area contributed by atoms with E-state index in [2.05, 4.69) is 10.2 Å². The largest absolute Gasteiger partial charge is 0.271 e. The molecule has 0 N–H and O–H groups in total. The Morgan fingerprint density at radius 1 is 0.938 bits per heavy atom. The maximum absolute atomic E-state index is 13.5. The lowest BCUT2D eigenvalue weighted by Crippen LogP contribution is -2.40. The van der Waals surface area contributed by atoms with E-state index in [1.165, 1.54) is 23.5 Å². The highest BCUT2D eigenvalue weighted by molar-refractivity contribution is 7.07. The predicted octanol–water partition coefficient (Wildman–Crippen LogP) is 3.27. The topological polar surface area (TPSA) is 89.9 Å². The van der Waals surface area contributed by atoms with Crippen LogP contribution in [0.3, 0.4) is 0 Å². The van der Waals surface area contributed by atoms with E-state index >= 15 is 0 Å². The number of nitro benzene ring substituents is 1. The summed E-state index contributed by atoms with van der Waals surface area (Å²) in [5.41, 5.74) is 2.84. The smallest absolute Gasteiger partial charge is 0.268 e. The minimum absolute atomic E-state index is 0.0262. The SMILES string of the molecule is O=c1/c(=C\c2cccc([N+](=O)[O-])c2)sc2n1[C@@H](c1ccccc1)C(c1ccccc1)=NN=2. The standard InChI is InChI=1S/C24H16N4O3S/c29-23-20(15-16-8-7-13-19(14-16)28(30)31)32-24-26-25-21(17-9-3-1-4-10-17)22(27(23)24)18-11-5-2-6-12-18/h1-15,22H/b20-15+/t22-/m0/s1. The molecule has 2 heterocycles. The van der Waals surface area contributed by atoms with Gasteiger partial charge in [0, 0.05) is 17.7 Å². The van der Waals surface area contributed by atoms with Crippen molar-refractivity contribution < 1.29 is 4.92 Å². The lowest BCUT2D eigenvalue weighted by molar-refractivity contribution is -0.384. The summed E-state index contributed by atoms with van der Waals surface area (Å²) in [7, 11) is 0. The van der Waals surface area contributed by atoms with Gasteiger partial charge in [0.2, 0.25) is 4.80 Å². The summed E-state index contributed by atoms with van der Waals surface area (Å²) in [4.78, 5) is 24.6. The van der Waals surface area contributed by atoms with Crippen LogP contribution in [0.2, 0.25) is 0 Å². The third kappa shape index (κ3) is 3.57. The molecule has 0 unspecified atom stereocenters. The fourth-order valence-corrected chi connectivity index (χ4v) is 4.65. The summed E-state index contributed by atoms with van der Waals surface area (Å²) in [6.07, 6.45) is 1.66. The summed E-state index contributed by atoms with van der Waals surface area (Å²) >= 11 is 1.22. The average molecular weight is 440 g/mol. The summed E-state index contributed by atoms with van der Waals surface area (Å²) in [6, 6.07) is 25.1. The van der Waals surface area contributed by atoms with Crippen LogP contribution in [0.5, 0.6) is 0 Å². The van der Waals surface area contributed by atoms with E-state index < -0.39 is 11.0 Å². The van der Waals surface area contributed by atoms with Crippen LogP contribution in [0.1, 0.15) is 22.7 Å².